The van der Waals surface area contributed by atoms with Crippen LogP contribution in [0, 0.1) is 0 Å². The smallest absolute Gasteiger partial charge is 0.356 e. The molecular weight excluding hydrogens is 336 g/mol. The molecular formula is C14H22N4O5S. The Morgan fingerprint density at radius 2 is 1.92 bits per heavy atom. The van der Waals surface area contributed by atoms with Crippen molar-refractivity contribution in [3.63, 3.8) is 0 Å². The van der Waals surface area contributed by atoms with Crippen LogP contribution in [0.3, 0.4) is 0 Å². The van der Waals surface area contributed by atoms with E-state index in [0.717, 1.165) is 0 Å². The van der Waals surface area contributed by atoms with Crippen LogP contribution in [0.25, 0.3) is 0 Å². The fraction of sp³-hybridized carbons (Fsp3) is 0.643. The molecule has 10 heteroatoms. The maximum absolute atomic E-state index is 12.3. The summed E-state index contributed by atoms with van der Waals surface area (Å²) in [5, 5.41) is 8.82. The first-order valence-corrected chi connectivity index (χ1v) is 9.30. The minimum atomic E-state index is -3.33. The van der Waals surface area contributed by atoms with E-state index in [1.807, 2.05) is 18.7 Å². The molecule has 0 bridgehead atoms. The molecule has 2 rings (SSSR count). The number of carboxylic acids is 1. The molecule has 2 heterocycles. The zero-order valence-corrected chi connectivity index (χ0v) is 14.6. The van der Waals surface area contributed by atoms with Crippen molar-refractivity contribution in [2.75, 3.05) is 43.4 Å². The number of nitrogens with zero attached hydrogens (tertiary/aromatic N) is 4. The molecule has 24 heavy (non-hydrogen) atoms. The average molecular weight is 358 g/mol. The summed E-state index contributed by atoms with van der Waals surface area (Å²) in [6.45, 7) is 5.57. The van der Waals surface area contributed by atoms with Gasteiger partial charge in [0.05, 0.1) is 30.9 Å². The number of aromatic carboxylic acids is 1. The van der Waals surface area contributed by atoms with Crippen LogP contribution in [-0.4, -0.2) is 78.4 Å². The third-order valence-corrected chi connectivity index (χ3v) is 5.44. The summed E-state index contributed by atoms with van der Waals surface area (Å²) < 4.78 is 31.3. The number of piperazine rings is 1. The lowest BCUT2D eigenvalue weighted by molar-refractivity contribution is 0.0690. The van der Waals surface area contributed by atoms with Gasteiger partial charge in [0, 0.05) is 26.2 Å². The summed E-state index contributed by atoms with van der Waals surface area (Å²) in [7, 11) is -3.33. The van der Waals surface area contributed by atoms with Gasteiger partial charge in [0.1, 0.15) is 5.82 Å². The molecule has 1 fully saturated rings. The Kier molecular flexibility index (Phi) is 6.08. The molecule has 1 N–H and O–H groups in total. The zero-order valence-electron chi connectivity index (χ0n) is 13.8. The maximum Gasteiger partial charge on any atom is 0.356 e. The van der Waals surface area contributed by atoms with Crippen LogP contribution >= 0.6 is 0 Å². The van der Waals surface area contributed by atoms with Crippen molar-refractivity contribution >= 4 is 21.8 Å². The van der Waals surface area contributed by atoms with Crippen LogP contribution in [0.1, 0.15) is 24.3 Å². The molecule has 1 aliphatic heterocycles. The zero-order chi connectivity index (χ0) is 17.7. The fourth-order valence-corrected chi connectivity index (χ4v) is 3.59. The lowest BCUT2D eigenvalue weighted by Gasteiger charge is -2.34. The normalized spacial score (nSPS) is 16.5. The number of carbonyl (C=O) groups is 1. The van der Waals surface area contributed by atoms with Gasteiger partial charge in [0.2, 0.25) is 10.0 Å². The molecule has 0 aromatic carbocycles. The van der Waals surface area contributed by atoms with Gasteiger partial charge in [-0.1, -0.05) is 0 Å². The lowest BCUT2D eigenvalue weighted by atomic mass is 10.3. The van der Waals surface area contributed by atoms with E-state index in [1.165, 1.54) is 16.7 Å². The average Bonchev–Trinajstić information content (AvgIpc) is 2.54. The van der Waals surface area contributed by atoms with Gasteiger partial charge in [-0.15, -0.1) is 0 Å². The van der Waals surface area contributed by atoms with E-state index >= 15 is 0 Å². The van der Waals surface area contributed by atoms with Crippen molar-refractivity contribution in [1.29, 1.82) is 0 Å². The number of hydrogen-bond acceptors (Lipinski definition) is 7. The third-order valence-electron chi connectivity index (χ3n) is 3.61. The summed E-state index contributed by atoms with van der Waals surface area (Å²) in [4.78, 5) is 20.6. The van der Waals surface area contributed by atoms with E-state index in [4.69, 9.17) is 9.84 Å². The molecule has 0 atom stereocenters. The summed E-state index contributed by atoms with van der Waals surface area (Å²) >= 11 is 0. The van der Waals surface area contributed by atoms with E-state index in [1.54, 1.807) is 0 Å². The summed E-state index contributed by atoms with van der Waals surface area (Å²) in [5.41, 5.74) is -0.120. The third kappa shape index (κ3) is 4.86. The molecule has 134 valence electrons. The predicted octanol–water partition coefficient (Wildman–Crippen LogP) is 0.0516. The van der Waals surface area contributed by atoms with E-state index in [9.17, 15) is 13.2 Å². The molecule has 1 aromatic heterocycles. The first kappa shape index (κ1) is 18.6. The molecule has 0 saturated carbocycles. The standard InChI is InChI=1S/C14H22N4O5S/c1-11(2)23-7-8-24(21,22)18-5-3-17(4-6-18)13-10-15-12(9-16-13)14(19)20/h9-11H,3-8H2,1-2H3,(H,19,20). The predicted molar refractivity (Wildman–Crippen MR) is 87.7 cm³/mol. The highest BCUT2D eigenvalue weighted by molar-refractivity contribution is 7.89. The number of aromatic nitrogens is 2. The van der Waals surface area contributed by atoms with Crippen LogP contribution in [0.2, 0.25) is 0 Å². The van der Waals surface area contributed by atoms with Crippen LogP contribution in [0.5, 0.6) is 0 Å². The van der Waals surface area contributed by atoms with Crippen LogP contribution in [0.15, 0.2) is 12.4 Å². The second-order valence-electron chi connectivity index (χ2n) is 5.69. The second kappa shape index (κ2) is 7.86. The Morgan fingerprint density at radius 3 is 2.42 bits per heavy atom. The van der Waals surface area contributed by atoms with Crippen LogP contribution in [0.4, 0.5) is 5.82 Å². The number of anilines is 1. The SMILES string of the molecule is CC(C)OCCS(=O)(=O)N1CCN(c2cnc(C(=O)O)cn2)CC1. The molecule has 0 amide bonds. The number of hydrogen-bond donors (Lipinski definition) is 1. The number of ether oxygens (including phenoxy) is 1. The van der Waals surface area contributed by atoms with Crippen LogP contribution in [-0.2, 0) is 14.8 Å². The van der Waals surface area contributed by atoms with Crippen molar-refractivity contribution in [2.24, 2.45) is 0 Å². The Bertz CT molecular complexity index is 654. The maximum atomic E-state index is 12.3. The van der Waals surface area contributed by atoms with Crippen molar-refractivity contribution in [3.05, 3.63) is 18.1 Å². The first-order valence-electron chi connectivity index (χ1n) is 7.69. The van der Waals surface area contributed by atoms with E-state index in [0.29, 0.717) is 32.0 Å². The number of sulfonamides is 1. The first-order chi connectivity index (χ1) is 11.3. The topological polar surface area (TPSA) is 113 Å². The molecule has 0 aliphatic carbocycles. The Morgan fingerprint density at radius 1 is 1.25 bits per heavy atom. The van der Waals surface area contributed by atoms with Gasteiger partial charge in [0.15, 0.2) is 5.69 Å². The molecule has 1 saturated heterocycles. The van der Waals surface area contributed by atoms with E-state index in [-0.39, 0.29) is 24.2 Å². The molecule has 1 aromatic rings. The van der Waals surface area contributed by atoms with Gasteiger partial charge in [-0.05, 0) is 13.8 Å². The van der Waals surface area contributed by atoms with Crippen molar-refractivity contribution < 1.29 is 23.1 Å². The van der Waals surface area contributed by atoms with Gasteiger partial charge in [-0.3, -0.25) is 0 Å². The van der Waals surface area contributed by atoms with Gasteiger partial charge >= 0.3 is 5.97 Å². The van der Waals surface area contributed by atoms with Crippen LogP contribution < -0.4 is 4.90 Å². The van der Waals surface area contributed by atoms with E-state index in [2.05, 4.69) is 9.97 Å². The second-order valence-corrected chi connectivity index (χ2v) is 7.78. The van der Waals surface area contributed by atoms with Gasteiger partial charge < -0.3 is 14.7 Å². The minimum absolute atomic E-state index is 0.00407. The molecule has 0 spiro atoms. The number of carboxylic acid groups (broad SMARTS) is 1. The largest absolute Gasteiger partial charge is 0.476 e. The molecule has 9 nitrogen and oxygen atoms in total. The van der Waals surface area contributed by atoms with Crippen molar-refractivity contribution in [2.45, 2.75) is 20.0 Å². The quantitative estimate of drug-likeness (QED) is 0.727. The molecule has 1 aliphatic rings. The summed E-state index contributed by atoms with van der Waals surface area (Å²) in [5.74, 6) is -0.619. The monoisotopic (exact) mass is 358 g/mol. The minimum Gasteiger partial charge on any atom is -0.476 e. The highest BCUT2D eigenvalue weighted by atomic mass is 32.2. The summed E-state index contributed by atoms with van der Waals surface area (Å²) in [6.07, 6.45) is 2.60. The van der Waals surface area contributed by atoms with Crippen molar-refractivity contribution in [1.82, 2.24) is 14.3 Å². The molecule has 0 radical (unpaired) electrons. The van der Waals surface area contributed by atoms with Gasteiger partial charge in [-0.25, -0.2) is 23.2 Å². The summed E-state index contributed by atoms with van der Waals surface area (Å²) in [6, 6.07) is 0. The van der Waals surface area contributed by atoms with Gasteiger partial charge in [-0.2, -0.15) is 4.31 Å². The highest BCUT2D eigenvalue weighted by Gasteiger charge is 2.27. The number of rotatable bonds is 7. The fourth-order valence-electron chi connectivity index (χ4n) is 2.31. The highest BCUT2D eigenvalue weighted by Crippen LogP contribution is 2.15. The Labute approximate surface area is 141 Å². The Hall–Kier alpha value is -1.78. The molecule has 0 unspecified atom stereocenters. The van der Waals surface area contributed by atoms with Gasteiger partial charge in [0.25, 0.3) is 0 Å². The van der Waals surface area contributed by atoms with Crippen molar-refractivity contribution in [3.8, 4) is 0 Å². The lowest BCUT2D eigenvalue weighted by Crippen LogP contribution is -2.50. The van der Waals surface area contributed by atoms with E-state index < -0.39 is 16.0 Å². The Balaban J connectivity index is 1.89.